The number of hydrogen-bond acceptors (Lipinski definition) is 4. The monoisotopic (exact) mass is 518 g/mol. The summed E-state index contributed by atoms with van der Waals surface area (Å²) in [6.45, 7) is 1.51. The van der Waals surface area contributed by atoms with Crippen molar-refractivity contribution in [3.05, 3.63) is 69.2 Å². The first-order valence-electron chi connectivity index (χ1n) is 10.2. The van der Waals surface area contributed by atoms with E-state index in [1.54, 1.807) is 6.92 Å². The average Bonchev–Trinajstić information content (AvgIpc) is 2.76. The third kappa shape index (κ3) is 7.72. The molecule has 0 aliphatic heterocycles. The van der Waals surface area contributed by atoms with E-state index in [9.17, 15) is 27.6 Å². The van der Waals surface area contributed by atoms with Gasteiger partial charge in [0.25, 0.3) is 5.91 Å². The Morgan fingerprint density at radius 3 is 2.26 bits per heavy atom. The molecule has 6 nitrogen and oxygen atoms in total. The van der Waals surface area contributed by atoms with Gasteiger partial charge in [-0.3, -0.25) is 19.3 Å². The van der Waals surface area contributed by atoms with Crippen molar-refractivity contribution in [2.75, 3.05) is 6.54 Å². The molecule has 184 valence electrons. The number of carbonyl (C=O) groups is 3. The van der Waals surface area contributed by atoms with Gasteiger partial charge in [-0.05, 0) is 54.7 Å². The summed E-state index contributed by atoms with van der Waals surface area (Å²) in [6, 6.07) is 7.40. The van der Waals surface area contributed by atoms with Crippen LogP contribution >= 0.6 is 23.2 Å². The molecule has 0 fully saturated rings. The van der Waals surface area contributed by atoms with E-state index in [4.69, 9.17) is 34.0 Å². The van der Waals surface area contributed by atoms with Gasteiger partial charge in [0, 0.05) is 18.0 Å². The van der Waals surface area contributed by atoms with Crippen molar-refractivity contribution in [2.24, 2.45) is 11.7 Å². The first kappa shape index (κ1) is 27.6. The molecule has 2 aromatic rings. The summed E-state index contributed by atoms with van der Waals surface area (Å²) in [7, 11) is 0. The van der Waals surface area contributed by atoms with E-state index in [0.717, 1.165) is 17.0 Å². The topological polar surface area (TPSA) is 101 Å². The predicted molar refractivity (Wildman–Crippen MR) is 122 cm³/mol. The first-order chi connectivity index (χ1) is 15.8. The minimum atomic E-state index is -4.47. The molecule has 0 bridgehead atoms. The lowest BCUT2D eigenvalue weighted by Crippen LogP contribution is -2.42. The number of nitrogens with zero attached hydrogens (tertiary/aromatic N) is 1. The average molecular weight is 519 g/mol. The van der Waals surface area contributed by atoms with Gasteiger partial charge in [-0.2, -0.15) is 13.2 Å². The van der Waals surface area contributed by atoms with Gasteiger partial charge in [-0.1, -0.05) is 42.3 Å². The summed E-state index contributed by atoms with van der Waals surface area (Å²) >= 11 is 12.1. The lowest BCUT2D eigenvalue weighted by molar-refractivity contribution is -0.139. The van der Waals surface area contributed by atoms with Crippen LogP contribution < -0.4 is 5.73 Å². The summed E-state index contributed by atoms with van der Waals surface area (Å²) in [5, 5.41) is 9.33. The lowest BCUT2D eigenvalue weighted by atomic mass is 10.0. The van der Waals surface area contributed by atoms with Crippen molar-refractivity contribution in [2.45, 2.75) is 38.4 Å². The predicted octanol–water partition coefficient (Wildman–Crippen LogP) is 5.05. The number of hydrogen-bond donors (Lipinski definition) is 2. The van der Waals surface area contributed by atoms with Crippen LogP contribution in [-0.2, 0) is 22.2 Å². The number of aryl methyl sites for hydroxylation is 1. The maximum atomic E-state index is 13.2. The number of alkyl halides is 3. The molecule has 0 aromatic heterocycles. The summed E-state index contributed by atoms with van der Waals surface area (Å²) in [5.41, 5.74) is 5.24. The van der Waals surface area contributed by atoms with Crippen LogP contribution in [0.5, 0.6) is 0 Å². The maximum absolute atomic E-state index is 13.2. The van der Waals surface area contributed by atoms with Crippen LogP contribution in [0.25, 0.3) is 0 Å². The fourth-order valence-corrected chi connectivity index (χ4v) is 3.64. The SMILES string of the molecule is CC(C[C@@H](N)C(=O)O)CN(C(=O)CCc1ccc(C(F)(F)F)cc1)C(=O)c1cc(Cl)ccc1Cl. The highest BCUT2D eigenvalue weighted by Gasteiger charge is 2.30. The second-order valence-electron chi connectivity index (χ2n) is 7.91. The quantitative estimate of drug-likeness (QED) is 0.483. The normalized spacial score (nSPS) is 13.3. The molecule has 0 aliphatic rings. The number of carbonyl (C=O) groups excluding carboxylic acids is 2. The van der Waals surface area contributed by atoms with Gasteiger partial charge in [0.1, 0.15) is 6.04 Å². The van der Waals surface area contributed by atoms with Crippen molar-refractivity contribution in [3.8, 4) is 0 Å². The number of imide groups is 1. The Hall–Kier alpha value is -2.62. The number of aliphatic carboxylic acids is 1. The fraction of sp³-hybridized carbons (Fsp3) is 0.348. The summed E-state index contributed by atoms with van der Waals surface area (Å²) < 4.78 is 38.2. The third-order valence-corrected chi connectivity index (χ3v) is 5.65. The standard InChI is InChI=1S/C23H23Cl2F3N2O4/c1-13(10-19(29)22(33)34)12-30(21(32)17-11-16(24)7-8-18(17)25)20(31)9-4-14-2-5-15(6-3-14)23(26,27)28/h2-3,5-8,11,13,19H,4,9-10,12,29H2,1H3,(H,33,34)/t13?,19-/m1/s1. The lowest BCUT2D eigenvalue weighted by Gasteiger charge is -2.26. The highest BCUT2D eigenvalue weighted by Crippen LogP contribution is 2.29. The van der Waals surface area contributed by atoms with Crippen LogP contribution in [0.3, 0.4) is 0 Å². The number of carboxylic acid groups (broad SMARTS) is 1. The molecule has 2 amide bonds. The van der Waals surface area contributed by atoms with E-state index in [1.807, 2.05) is 0 Å². The number of carboxylic acids is 1. The van der Waals surface area contributed by atoms with Crippen molar-refractivity contribution >= 4 is 41.0 Å². The van der Waals surface area contributed by atoms with Crippen LogP contribution in [-0.4, -0.2) is 40.4 Å². The molecule has 0 aliphatic carbocycles. The van der Waals surface area contributed by atoms with Crippen molar-refractivity contribution in [1.29, 1.82) is 0 Å². The highest BCUT2D eigenvalue weighted by atomic mass is 35.5. The number of rotatable bonds is 9. The minimum absolute atomic E-state index is 0.00761. The van der Waals surface area contributed by atoms with Crippen LogP contribution in [0.2, 0.25) is 10.0 Å². The fourth-order valence-electron chi connectivity index (χ4n) is 3.27. The van der Waals surface area contributed by atoms with Crippen LogP contribution in [0, 0.1) is 5.92 Å². The zero-order chi connectivity index (χ0) is 25.6. The molecule has 2 rings (SSSR count). The molecule has 0 saturated carbocycles. The van der Waals surface area contributed by atoms with Gasteiger partial charge in [-0.25, -0.2) is 0 Å². The molecule has 2 aromatic carbocycles. The second-order valence-corrected chi connectivity index (χ2v) is 8.76. The first-order valence-corrected chi connectivity index (χ1v) is 11.0. The Morgan fingerprint density at radius 2 is 1.71 bits per heavy atom. The Balaban J connectivity index is 2.21. The van der Waals surface area contributed by atoms with Gasteiger partial charge in [0.2, 0.25) is 5.91 Å². The number of halogens is 5. The van der Waals surface area contributed by atoms with Gasteiger partial charge in [0.05, 0.1) is 16.1 Å². The molecule has 1 unspecified atom stereocenters. The summed E-state index contributed by atoms with van der Waals surface area (Å²) in [6.07, 6.45) is -4.55. The zero-order valence-electron chi connectivity index (χ0n) is 18.1. The Labute approximate surface area is 204 Å². The second kappa shape index (κ2) is 11.7. The molecule has 0 saturated heterocycles. The molecule has 11 heteroatoms. The van der Waals surface area contributed by atoms with Crippen molar-refractivity contribution in [3.63, 3.8) is 0 Å². The molecule has 34 heavy (non-hydrogen) atoms. The van der Waals surface area contributed by atoms with E-state index in [0.29, 0.717) is 5.56 Å². The number of nitrogens with two attached hydrogens (primary N) is 1. The van der Waals surface area contributed by atoms with Crippen LogP contribution in [0.1, 0.15) is 41.3 Å². The van der Waals surface area contributed by atoms with Gasteiger partial charge >= 0.3 is 12.1 Å². The molecule has 0 radical (unpaired) electrons. The molecule has 2 atom stereocenters. The van der Waals surface area contributed by atoms with E-state index in [2.05, 4.69) is 0 Å². The molecular formula is C23H23Cl2F3N2O4. The third-order valence-electron chi connectivity index (χ3n) is 5.08. The molecule has 0 spiro atoms. The summed E-state index contributed by atoms with van der Waals surface area (Å²) in [4.78, 5) is 38.2. The number of amides is 2. The smallest absolute Gasteiger partial charge is 0.416 e. The molecule has 3 N–H and O–H groups in total. The summed E-state index contributed by atoms with van der Waals surface area (Å²) in [5.74, 6) is -2.99. The van der Waals surface area contributed by atoms with E-state index in [1.165, 1.54) is 30.3 Å². The van der Waals surface area contributed by atoms with Gasteiger partial charge in [0.15, 0.2) is 0 Å². The van der Waals surface area contributed by atoms with Crippen molar-refractivity contribution in [1.82, 2.24) is 4.90 Å². The van der Waals surface area contributed by atoms with Gasteiger partial charge < -0.3 is 10.8 Å². The Morgan fingerprint density at radius 1 is 1.09 bits per heavy atom. The Bertz CT molecular complexity index is 1050. The van der Waals surface area contributed by atoms with Crippen LogP contribution in [0.4, 0.5) is 13.2 Å². The van der Waals surface area contributed by atoms with E-state index in [-0.39, 0.29) is 41.4 Å². The zero-order valence-corrected chi connectivity index (χ0v) is 19.6. The highest BCUT2D eigenvalue weighted by molar-refractivity contribution is 6.36. The largest absolute Gasteiger partial charge is 0.480 e. The van der Waals surface area contributed by atoms with E-state index >= 15 is 0 Å². The Kier molecular flexibility index (Phi) is 9.49. The van der Waals surface area contributed by atoms with E-state index < -0.39 is 41.5 Å². The minimum Gasteiger partial charge on any atom is -0.480 e. The van der Waals surface area contributed by atoms with Crippen LogP contribution in [0.15, 0.2) is 42.5 Å². The number of benzene rings is 2. The maximum Gasteiger partial charge on any atom is 0.416 e. The van der Waals surface area contributed by atoms with Crippen molar-refractivity contribution < 1.29 is 32.7 Å². The van der Waals surface area contributed by atoms with Gasteiger partial charge in [-0.15, -0.1) is 0 Å². The molecular weight excluding hydrogens is 496 g/mol. The molecule has 0 heterocycles.